The van der Waals surface area contributed by atoms with E-state index in [1.807, 2.05) is 68.4 Å². The van der Waals surface area contributed by atoms with Crippen LogP contribution in [0, 0.1) is 13.8 Å². The molecule has 0 atom stereocenters. The van der Waals surface area contributed by atoms with Crippen LogP contribution in [-0.2, 0) is 9.59 Å². The summed E-state index contributed by atoms with van der Waals surface area (Å²) in [6, 6.07) is 22.6. The van der Waals surface area contributed by atoms with E-state index in [9.17, 15) is 9.59 Å². The van der Waals surface area contributed by atoms with Gasteiger partial charge in [0.1, 0.15) is 5.75 Å². The van der Waals surface area contributed by atoms with Crippen molar-refractivity contribution in [1.29, 1.82) is 0 Å². The van der Waals surface area contributed by atoms with E-state index in [1.54, 1.807) is 18.2 Å². The molecule has 0 aliphatic carbocycles. The molecule has 2 amide bonds. The zero-order valence-electron chi connectivity index (χ0n) is 17.0. The molecule has 3 aromatic carbocycles. The van der Waals surface area contributed by atoms with Gasteiger partial charge in [-0.3, -0.25) is 9.59 Å². The van der Waals surface area contributed by atoms with Crippen LogP contribution in [-0.4, -0.2) is 24.2 Å². The molecular weight excluding hydrogens is 396 g/mol. The summed E-state index contributed by atoms with van der Waals surface area (Å²) in [5.41, 5.74) is 3.63. The monoisotopic (exact) mass is 420 g/mol. The summed E-state index contributed by atoms with van der Waals surface area (Å²) in [5.74, 6) is 0.613. The van der Waals surface area contributed by atoms with Gasteiger partial charge in [-0.05, 0) is 61.4 Å². The van der Waals surface area contributed by atoms with Crippen LogP contribution < -0.4 is 15.4 Å². The lowest BCUT2D eigenvalue weighted by Gasteiger charge is -2.10. The van der Waals surface area contributed by atoms with Gasteiger partial charge in [-0.1, -0.05) is 36.4 Å². The number of carbonyl (C=O) groups is 2. The molecule has 3 aromatic rings. The zero-order valence-corrected chi connectivity index (χ0v) is 17.8. The topological polar surface area (TPSA) is 67.4 Å². The van der Waals surface area contributed by atoms with Crippen molar-refractivity contribution in [3.05, 3.63) is 83.9 Å². The van der Waals surface area contributed by atoms with Gasteiger partial charge in [0, 0.05) is 16.3 Å². The Hall–Kier alpha value is -3.25. The van der Waals surface area contributed by atoms with Gasteiger partial charge < -0.3 is 15.4 Å². The normalized spacial score (nSPS) is 10.3. The van der Waals surface area contributed by atoms with E-state index >= 15 is 0 Å². The van der Waals surface area contributed by atoms with Crippen LogP contribution in [0.2, 0.25) is 0 Å². The van der Waals surface area contributed by atoms with Crippen molar-refractivity contribution in [3.63, 3.8) is 0 Å². The fraction of sp³-hybridized carbons (Fsp3) is 0.167. The zero-order chi connectivity index (χ0) is 21.3. The Balaban J connectivity index is 1.49. The van der Waals surface area contributed by atoms with E-state index in [1.165, 1.54) is 11.8 Å². The maximum absolute atomic E-state index is 12.3. The molecule has 0 aliphatic heterocycles. The summed E-state index contributed by atoms with van der Waals surface area (Å²) in [5, 5.41) is 5.77. The molecule has 0 saturated carbocycles. The average molecular weight is 421 g/mol. The summed E-state index contributed by atoms with van der Waals surface area (Å²) in [6.07, 6.45) is 0. The lowest BCUT2D eigenvalue weighted by atomic mass is 10.1. The van der Waals surface area contributed by atoms with Crippen molar-refractivity contribution in [2.75, 3.05) is 23.0 Å². The molecule has 5 nitrogen and oxygen atoms in total. The predicted molar refractivity (Wildman–Crippen MR) is 122 cm³/mol. The molecule has 0 radical (unpaired) electrons. The number of ether oxygens (including phenoxy) is 1. The van der Waals surface area contributed by atoms with Gasteiger partial charge in [0.05, 0.1) is 5.75 Å². The first-order valence-electron chi connectivity index (χ1n) is 9.57. The third kappa shape index (κ3) is 6.67. The molecule has 0 spiro atoms. The fourth-order valence-corrected chi connectivity index (χ4v) is 3.49. The molecule has 0 aliphatic rings. The molecule has 3 rings (SSSR count). The van der Waals surface area contributed by atoms with Gasteiger partial charge in [0.25, 0.3) is 5.91 Å². The first kappa shape index (κ1) is 21.5. The minimum absolute atomic E-state index is 0.0698. The molecule has 0 fully saturated rings. The highest BCUT2D eigenvalue weighted by Crippen LogP contribution is 2.23. The summed E-state index contributed by atoms with van der Waals surface area (Å²) in [6.45, 7) is 3.89. The minimum Gasteiger partial charge on any atom is -0.484 e. The quantitative estimate of drug-likeness (QED) is 0.500. The van der Waals surface area contributed by atoms with Gasteiger partial charge in [0.2, 0.25) is 5.91 Å². The summed E-state index contributed by atoms with van der Waals surface area (Å²) >= 11 is 1.41. The Labute approximate surface area is 180 Å². The number of benzene rings is 3. The van der Waals surface area contributed by atoms with Crippen LogP contribution >= 0.6 is 11.8 Å². The van der Waals surface area contributed by atoms with Gasteiger partial charge in [-0.15, -0.1) is 11.8 Å². The summed E-state index contributed by atoms with van der Waals surface area (Å²) in [4.78, 5) is 25.3. The second-order valence-corrected chi connectivity index (χ2v) is 7.88. The van der Waals surface area contributed by atoms with Crippen molar-refractivity contribution in [2.45, 2.75) is 18.7 Å². The van der Waals surface area contributed by atoms with Crippen LogP contribution in [0.25, 0.3) is 0 Å². The Morgan fingerprint density at radius 1 is 0.867 bits per heavy atom. The largest absolute Gasteiger partial charge is 0.484 e. The molecule has 2 N–H and O–H groups in total. The lowest BCUT2D eigenvalue weighted by Crippen LogP contribution is -2.20. The van der Waals surface area contributed by atoms with Gasteiger partial charge >= 0.3 is 0 Å². The number of thioether (sulfide) groups is 1. The molecule has 30 heavy (non-hydrogen) atoms. The standard InChI is InChI=1S/C24H24N2O3S/c1-17-11-12-18(2)22(13-17)26-24(28)16-30-21-10-6-7-19(14-21)25-23(27)15-29-20-8-4-3-5-9-20/h3-14H,15-16H2,1-2H3,(H,25,27)(H,26,28). The first-order valence-corrected chi connectivity index (χ1v) is 10.6. The second-order valence-electron chi connectivity index (χ2n) is 6.83. The molecule has 0 saturated heterocycles. The summed E-state index contributed by atoms with van der Waals surface area (Å²) in [7, 11) is 0. The summed E-state index contributed by atoms with van der Waals surface area (Å²) < 4.78 is 5.45. The van der Waals surface area contributed by atoms with Crippen LogP contribution in [0.4, 0.5) is 11.4 Å². The molecule has 154 valence electrons. The Morgan fingerprint density at radius 2 is 1.67 bits per heavy atom. The Morgan fingerprint density at radius 3 is 2.47 bits per heavy atom. The molecule has 0 unspecified atom stereocenters. The van der Waals surface area contributed by atoms with E-state index < -0.39 is 0 Å². The van der Waals surface area contributed by atoms with E-state index in [2.05, 4.69) is 10.6 Å². The number of hydrogen-bond acceptors (Lipinski definition) is 4. The van der Waals surface area contributed by atoms with E-state index in [0.29, 0.717) is 11.4 Å². The third-order valence-electron chi connectivity index (χ3n) is 4.27. The number of hydrogen-bond donors (Lipinski definition) is 2. The second kappa shape index (κ2) is 10.5. The van der Waals surface area contributed by atoms with Crippen molar-refractivity contribution in [2.24, 2.45) is 0 Å². The highest BCUT2D eigenvalue weighted by atomic mass is 32.2. The van der Waals surface area contributed by atoms with Crippen molar-refractivity contribution in [3.8, 4) is 5.75 Å². The SMILES string of the molecule is Cc1ccc(C)c(NC(=O)CSc2cccc(NC(=O)COc3ccccc3)c2)c1. The number of amides is 2. The lowest BCUT2D eigenvalue weighted by molar-refractivity contribution is -0.118. The van der Waals surface area contributed by atoms with Gasteiger partial charge in [0.15, 0.2) is 6.61 Å². The molecular formula is C24H24N2O3S. The van der Waals surface area contributed by atoms with Crippen molar-refractivity contribution >= 4 is 35.0 Å². The van der Waals surface area contributed by atoms with Crippen molar-refractivity contribution < 1.29 is 14.3 Å². The average Bonchev–Trinajstić information content (AvgIpc) is 2.74. The van der Waals surface area contributed by atoms with Crippen molar-refractivity contribution in [1.82, 2.24) is 0 Å². The van der Waals surface area contributed by atoms with Crippen LogP contribution in [0.3, 0.4) is 0 Å². The smallest absolute Gasteiger partial charge is 0.262 e. The van der Waals surface area contributed by atoms with E-state index in [-0.39, 0.29) is 24.2 Å². The molecule has 0 aromatic heterocycles. The van der Waals surface area contributed by atoms with E-state index in [4.69, 9.17) is 4.74 Å². The maximum atomic E-state index is 12.3. The Kier molecular flexibility index (Phi) is 7.51. The number of aryl methyl sites for hydroxylation is 2. The van der Waals surface area contributed by atoms with Gasteiger partial charge in [-0.25, -0.2) is 0 Å². The maximum Gasteiger partial charge on any atom is 0.262 e. The molecule has 6 heteroatoms. The number of rotatable bonds is 8. The third-order valence-corrected chi connectivity index (χ3v) is 5.26. The number of carbonyl (C=O) groups excluding carboxylic acids is 2. The highest BCUT2D eigenvalue weighted by Gasteiger charge is 2.08. The minimum atomic E-state index is -0.242. The Bertz CT molecular complexity index is 1020. The highest BCUT2D eigenvalue weighted by molar-refractivity contribution is 8.00. The first-order chi connectivity index (χ1) is 14.5. The number of anilines is 2. The van der Waals surface area contributed by atoms with Gasteiger partial charge in [-0.2, -0.15) is 0 Å². The number of nitrogens with one attached hydrogen (secondary N) is 2. The molecule has 0 bridgehead atoms. The van der Waals surface area contributed by atoms with E-state index in [0.717, 1.165) is 21.7 Å². The van der Waals surface area contributed by atoms with Crippen LogP contribution in [0.5, 0.6) is 5.75 Å². The van der Waals surface area contributed by atoms with Crippen LogP contribution in [0.1, 0.15) is 11.1 Å². The predicted octanol–water partition coefficient (Wildman–Crippen LogP) is 5.05. The molecule has 0 heterocycles. The fourth-order valence-electron chi connectivity index (χ4n) is 2.73. The van der Waals surface area contributed by atoms with Crippen LogP contribution in [0.15, 0.2) is 77.7 Å². The number of para-hydroxylation sites is 1.